The Balaban J connectivity index is 0.000000196. The van der Waals surface area contributed by atoms with Gasteiger partial charge in [0, 0.05) is 49.5 Å². The van der Waals surface area contributed by atoms with Crippen LogP contribution in [0.3, 0.4) is 0 Å². The van der Waals surface area contributed by atoms with Crippen LogP contribution in [-0.2, 0) is 27.4 Å². The van der Waals surface area contributed by atoms with Crippen LogP contribution in [0.4, 0.5) is 0 Å². The summed E-state index contributed by atoms with van der Waals surface area (Å²) in [5, 5.41) is 10.8. The summed E-state index contributed by atoms with van der Waals surface area (Å²) in [6.45, 7) is 16.6. The molecule has 1 saturated heterocycles. The average molecular weight is 638 g/mol. The van der Waals surface area contributed by atoms with E-state index in [2.05, 4.69) is 106 Å². The van der Waals surface area contributed by atoms with Gasteiger partial charge >= 0.3 is 0 Å². The molecule has 0 spiro atoms. The van der Waals surface area contributed by atoms with E-state index in [0.717, 1.165) is 26.4 Å². The standard InChI is InChI=1S/2C16H25NO.C8H17NO/c2*1-13(2)17-15-10-6-7-11-16(15)18-12-14-8-4-3-5-9-14;1-7(2)9-8-3-5-10-6-4-8/h2*3-5,8-9,13,15-17H,6-7,10-12H2,1-2H3;7-9H,3-6H2,1-2H3/t15-,16+;15-,16-;/m10./s1. The minimum absolute atomic E-state index is 0.376. The highest BCUT2D eigenvalue weighted by molar-refractivity contribution is 5.14. The number of rotatable bonds is 12. The smallest absolute Gasteiger partial charge is 0.0732 e. The predicted octanol–water partition coefficient (Wildman–Crippen LogP) is 8.19. The maximum absolute atomic E-state index is 6.12. The highest BCUT2D eigenvalue weighted by atomic mass is 16.5. The molecule has 4 atom stereocenters. The maximum Gasteiger partial charge on any atom is 0.0732 e. The molecule has 5 rings (SSSR count). The lowest BCUT2D eigenvalue weighted by atomic mass is 9.92. The molecule has 260 valence electrons. The molecule has 6 heteroatoms. The van der Waals surface area contributed by atoms with Crippen molar-refractivity contribution in [1.82, 2.24) is 16.0 Å². The molecule has 2 aromatic carbocycles. The summed E-state index contributed by atoms with van der Waals surface area (Å²) in [5.41, 5.74) is 2.54. The molecule has 1 heterocycles. The third-order valence-electron chi connectivity index (χ3n) is 8.90. The zero-order chi connectivity index (χ0) is 33.0. The van der Waals surface area contributed by atoms with Crippen LogP contribution in [0.15, 0.2) is 60.7 Å². The van der Waals surface area contributed by atoms with Crippen LogP contribution >= 0.6 is 0 Å². The van der Waals surface area contributed by atoms with E-state index in [4.69, 9.17) is 14.2 Å². The number of hydrogen-bond acceptors (Lipinski definition) is 6. The van der Waals surface area contributed by atoms with Crippen molar-refractivity contribution in [1.29, 1.82) is 0 Å². The zero-order valence-corrected chi connectivity index (χ0v) is 30.0. The number of benzene rings is 2. The number of hydrogen-bond donors (Lipinski definition) is 3. The first kappa shape index (κ1) is 38.6. The summed E-state index contributed by atoms with van der Waals surface area (Å²) in [5.74, 6) is 0. The van der Waals surface area contributed by atoms with Crippen molar-refractivity contribution in [2.75, 3.05) is 13.2 Å². The highest BCUT2D eigenvalue weighted by Crippen LogP contribution is 2.24. The van der Waals surface area contributed by atoms with Crippen molar-refractivity contribution in [2.45, 2.75) is 167 Å². The van der Waals surface area contributed by atoms with Gasteiger partial charge < -0.3 is 30.2 Å². The lowest BCUT2D eigenvalue weighted by molar-refractivity contribution is -0.00744. The molecule has 2 aromatic rings. The third-order valence-corrected chi connectivity index (χ3v) is 8.90. The van der Waals surface area contributed by atoms with Gasteiger partial charge in [-0.1, -0.05) is 128 Å². The van der Waals surface area contributed by atoms with Crippen LogP contribution in [0, 0.1) is 0 Å². The predicted molar refractivity (Wildman–Crippen MR) is 193 cm³/mol. The first-order valence-corrected chi connectivity index (χ1v) is 18.5. The molecule has 1 aliphatic heterocycles. The maximum atomic E-state index is 6.12. The van der Waals surface area contributed by atoms with E-state index < -0.39 is 0 Å². The van der Waals surface area contributed by atoms with E-state index in [1.54, 1.807) is 0 Å². The van der Waals surface area contributed by atoms with E-state index in [9.17, 15) is 0 Å². The Kier molecular flexibility index (Phi) is 19.1. The van der Waals surface area contributed by atoms with Crippen LogP contribution in [-0.4, -0.2) is 61.7 Å². The Morgan fingerprint density at radius 3 is 1.33 bits per heavy atom. The van der Waals surface area contributed by atoms with Gasteiger partial charge in [-0.25, -0.2) is 0 Å². The van der Waals surface area contributed by atoms with Gasteiger partial charge in [-0.3, -0.25) is 0 Å². The van der Waals surface area contributed by atoms with Crippen molar-refractivity contribution in [3.05, 3.63) is 71.8 Å². The summed E-state index contributed by atoms with van der Waals surface area (Å²) in [6.07, 6.45) is 13.2. The average Bonchev–Trinajstić information content (AvgIpc) is 3.05. The molecule has 0 unspecified atom stereocenters. The topological polar surface area (TPSA) is 63.8 Å². The normalized spacial score (nSPS) is 23.8. The molecule has 0 amide bonds. The summed E-state index contributed by atoms with van der Waals surface area (Å²) >= 11 is 0. The first-order valence-electron chi connectivity index (χ1n) is 18.5. The van der Waals surface area contributed by atoms with E-state index in [-0.39, 0.29) is 0 Å². The van der Waals surface area contributed by atoms with Gasteiger partial charge in [-0.05, 0) is 49.7 Å². The largest absolute Gasteiger partial charge is 0.381 e. The molecule has 0 bridgehead atoms. The van der Waals surface area contributed by atoms with Gasteiger partial charge in [0.05, 0.1) is 25.4 Å². The fraction of sp³-hybridized carbons (Fsp3) is 0.700. The molecule has 3 aliphatic rings. The van der Waals surface area contributed by atoms with Crippen molar-refractivity contribution in [3.8, 4) is 0 Å². The van der Waals surface area contributed by atoms with Gasteiger partial charge in [0.1, 0.15) is 0 Å². The second-order valence-corrected chi connectivity index (χ2v) is 14.3. The van der Waals surface area contributed by atoms with E-state index in [0.29, 0.717) is 48.5 Å². The molecule has 2 saturated carbocycles. The second-order valence-electron chi connectivity index (χ2n) is 14.3. The van der Waals surface area contributed by atoms with Crippen molar-refractivity contribution >= 4 is 0 Å². The fourth-order valence-electron chi connectivity index (χ4n) is 6.72. The molecular formula is C40H67N3O3. The lowest BCUT2D eigenvalue weighted by Crippen LogP contribution is -2.46. The molecule has 0 radical (unpaired) electrons. The molecule has 0 aromatic heterocycles. The van der Waals surface area contributed by atoms with Gasteiger partial charge in [0.2, 0.25) is 0 Å². The number of ether oxygens (including phenoxy) is 3. The fourth-order valence-corrected chi connectivity index (χ4v) is 6.72. The minimum atomic E-state index is 0.376. The van der Waals surface area contributed by atoms with Crippen LogP contribution in [0.1, 0.15) is 117 Å². The van der Waals surface area contributed by atoms with Crippen LogP contribution in [0.25, 0.3) is 0 Å². The van der Waals surface area contributed by atoms with Crippen molar-refractivity contribution in [2.24, 2.45) is 0 Å². The molecule has 2 aliphatic carbocycles. The second kappa shape index (κ2) is 22.7. The first-order chi connectivity index (χ1) is 22.3. The van der Waals surface area contributed by atoms with Crippen molar-refractivity contribution in [3.63, 3.8) is 0 Å². The third kappa shape index (κ3) is 16.3. The van der Waals surface area contributed by atoms with Gasteiger partial charge in [-0.2, -0.15) is 0 Å². The quantitative estimate of drug-likeness (QED) is 0.218. The Hall–Kier alpha value is -1.80. The van der Waals surface area contributed by atoms with Crippen LogP contribution in [0.5, 0.6) is 0 Å². The Labute approximate surface area is 282 Å². The Bertz CT molecular complexity index is 928. The van der Waals surface area contributed by atoms with Gasteiger partial charge in [0.15, 0.2) is 0 Å². The minimum Gasteiger partial charge on any atom is -0.381 e. The summed E-state index contributed by atoms with van der Waals surface area (Å²) in [4.78, 5) is 0. The highest BCUT2D eigenvalue weighted by Gasteiger charge is 2.27. The Morgan fingerprint density at radius 2 is 0.935 bits per heavy atom. The lowest BCUT2D eigenvalue weighted by Gasteiger charge is -2.33. The zero-order valence-electron chi connectivity index (χ0n) is 30.0. The monoisotopic (exact) mass is 638 g/mol. The molecule has 46 heavy (non-hydrogen) atoms. The summed E-state index contributed by atoms with van der Waals surface area (Å²) < 4.78 is 17.5. The number of nitrogens with one attached hydrogen (secondary N) is 3. The molecule has 3 fully saturated rings. The summed E-state index contributed by atoms with van der Waals surface area (Å²) in [6, 6.07) is 24.4. The summed E-state index contributed by atoms with van der Waals surface area (Å²) in [7, 11) is 0. The van der Waals surface area contributed by atoms with E-state index in [1.807, 2.05) is 12.1 Å². The SMILES string of the molecule is CC(C)NC1CCOCC1.CC(C)N[C@@H]1CCCC[C@@H]1OCc1ccccc1.CC(C)N[C@H]1CCCC[C@@H]1OCc1ccccc1. The van der Waals surface area contributed by atoms with Gasteiger partial charge in [-0.15, -0.1) is 0 Å². The van der Waals surface area contributed by atoms with E-state index >= 15 is 0 Å². The van der Waals surface area contributed by atoms with Crippen molar-refractivity contribution < 1.29 is 14.2 Å². The van der Waals surface area contributed by atoms with Crippen LogP contribution in [0.2, 0.25) is 0 Å². The van der Waals surface area contributed by atoms with Crippen LogP contribution < -0.4 is 16.0 Å². The molecule has 3 N–H and O–H groups in total. The Morgan fingerprint density at radius 1 is 0.543 bits per heavy atom. The van der Waals surface area contributed by atoms with Gasteiger partial charge in [0.25, 0.3) is 0 Å². The molecule has 6 nitrogen and oxygen atoms in total. The van der Waals surface area contributed by atoms with E-state index in [1.165, 1.54) is 75.3 Å². The molecular weight excluding hydrogens is 570 g/mol.